The van der Waals surface area contributed by atoms with Crippen molar-refractivity contribution in [2.75, 3.05) is 0 Å². The van der Waals surface area contributed by atoms with E-state index in [0.29, 0.717) is 22.7 Å². The van der Waals surface area contributed by atoms with Crippen LogP contribution in [0.15, 0.2) is 42.5 Å². The molecule has 0 saturated carbocycles. The molecule has 2 aromatic rings. The van der Waals surface area contributed by atoms with Gasteiger partial charge in [-0.25, -0.2) is 0 Å². The molecule has 0 spiro atoms. The highest BCUT2D eigenvalue weighted by Crippen LogP contribution is 2.38. The molecule has 0 fully saturated rings. The standard InChI is InChI=1S/C17H13Cl2NO3/c18-13-7-3-6-12(16(13)19)14(8-15(21)22)20-9-10-4-1-2-5-11(10)17(20)23/h1-7,14H,8-9H2,(H,21,22)/t14-/m1/s1. The molecule has 3 rings (SSSR count). The van der Waals surface area contributed by atoms with Crippen molar-refractivity contribution in [3.05, 3.63) is 69.2 Å². The Morgan fingerprint density at radius 1 is 1.17 bits per heavy atom. The minimum absolute atomic E-state index is 0.192. The maximum Gasteiger partial charge on any atom is 0.305 e. The van der Waals surface area contributed by atoms with Crippen LogP contribution in [0.5, 0.6) is 0 Å². The molecule has 0 aliphatic carbocycles. The normalized spacial score (nSPS) is 14.7. The lowest BCUT2D eigenvalue weighted by Gasteiger charge is -2.28. The fourth-order valence-corrected chi connectivity index (χ4v) is 3.29. The summed E-state index contributed by atoms with van der Waals surface area (Å²) >= 11 is 12.3. The quantitative estimate of drug-likeness (QED) is 0.901. The lowest BCUT2D eigenvalue weighted by Crippen LogP contribution is -2.31. The van der Waals surface area contributed by atoms with E-state index >= 15 is 0 Å². The Bertz CT molecular complexity index is 791. The van der Waals surface area contributed by atoms with E-state index in [9.17, 15) is 14.7 Å². The third-order valence-corrected chi connectivity index (χ3v) is 4.77. The number of carboxylic acid groups (broad SMARTS) is 1. The first-order chi connectivity index (χ1) is 11.0. The zero-order chi connectivity index (χ0) is 16.6. The van der Waals surface area contributed by atoms with Crippen LogP contribution in [-0.4, -0.2) is 21.9 Å². The third kappa shape index (κ3) is 2.92. The van der Waals surface area contributed by atoms with Crippen molar-refractivity contribution in [1.29, 1.82) is 0 Å². The summed E-state index contributed by atoms with van der Waals surface area (Å²) in [5.41, 5.74) is 2.02. The van der Waals surface area contributed by atoms with Gasteiger partial charge < -0.3 is 10.0 Å². The number of carboxylic acids is 1. The molecular formula is C17H13Cl2NO3. The second-order valence-electron chi connectivity index (χ2n) is 5.35. The van der Waals surface area contributed by atoms with Gasteiger partial charge in [-0.1, -0.05) is 53.5 Å². The zero-order valence-electron chi connectivity index (χ0n) is 12.0. The van der Waals surface area contributed by atoms with E-state index in [4.69, 9.17) is 23.2 Å². The number of amides is 1. The number of carbonyl (C=O) groups is 2. The molecule has 1 amide bonds. The number of halogens is 2. The molecule has 6 heteroatoms. The first-order valence-corrected chi connectivity index (χ1v) is 7.79. The highest BCUT2D eigenvalue weighted by molar-refractivity contribution is 6.42. The van der Waals surface area contributed by atoms with Crippen molar-refractivity contribution < 1.29 is 14.7 Å². The number of carbonyl (C=O) groups excluding carboxylic acids is 1. The van der Waals surface area contributed by atoms with Gasteiger partial charge in [-0.05, 0) is 23.3 Å². The summed E-state index contributed by atoms with van der Waals surface area (Å²) in [5.74, 6) is -1.20. The zero-order valence-corrected chi connectivity index (χ0v) is 13.5. The smallest absolute Gasteiger partial charge is 0.305 e. The largest absolute Gasteiger partial charge is 0.481 e. The molecule has 0 aromatic heterocycles. The van der Waals surface area contributed by atoms with Gasteiger partial charge in [-0.2, -0.15) is 0 Å². The molecule has 23 heavy (non-hydrogen) atoms. The van der Waals surface area contributed by atoms with Crippen molar-refractivity contribution in [2.45, 2.75) is 19.0 Å². The van der Waals surface area contributed by atoms with Gasteiger partial charge in [0.05, 0.1) is 22.5 Å². The van der Waals surface area contributed by atoms with Gasteiger partial charge in [-0.3, -0.25) is 9.59 Å². The molecule has 4 nitrogen and oxygen atoms in total. The summed E-state index contributed by atoms with van der Waals surface area (Å²) < 4.78 is 0. The van der Waals surface area contributed by atoms with E-state index in [0.717, 1.165) is 5.56 Å². The van der Waals surface area contributed by atoms with Crippen LogP contribution in [0.25, 0.3) is 0 Å². The molecule has 2 aromatic carbocycles. The van der Waals surface area contributed by atoms with Gasteiger partial charge in [0, 0.05) is 12.1 Å². The van der Waals surface area contributed by atoms with Crippen LogP contribution in [0.4, 0.5) is 0 Å². The molecule has 1 heterocycles. The Balaban J connectivity index is 2.03. The molecule has 1 atom stereocenters. The summed E-state index contributed by atoms with van der Waals surface area (Å²) in [7, 11) is 0. The van der Waals surface area contributed by atoms with Gasteiger partial charge >= 0.3 is 5.97 Å². The number of hydrogen-bond donors (Lipinski definition) is 1. The minimum Gasteiger partial charge on any atom is -0.481 e. The van der Waals surface area contributed by atoms with E-state index < -0.39 is 12.0 Å². The van der Waals surface area contributed by atoms with Crippen molar-refractivity contribution in [1.82, 2.24) is 4.90 Å². The summed E-state index contributed by atoms with van der Waals surface area (Å²) in [6.07, 6.45) is -0.236. The molecule has 1 aliphatic rings. The lowest BCUT2D eigenvalue weighted by molar-refractivity contribution is -0.138. The van der Waals surface area contributed by atoms with Crippen LogP contribution in [0.2, 0.25) is 10.0 Å². The molecule has 1 N–H and O–H groups in total. The SMILES string of the molecule is O=C(O)C[C@H](c1cccc(Cl)c1Cl)N1Cc2ccccc2C1=O. The molecule has 1 aliphatic heterocycles. The number of rotatable bonds is 4. The van der Waals surface area contributed by atoms with Gasteiger partial charge in [0.15, 0.2) is 0 Å². The molecule has 118 valence electrons. The van der Waals surface area contributed by atoms with E-state index in [1.807, 2.05) is 12.1 Å². The Morgan fingerprint density at radius 2 is 1.91 bits per heavy atom. The van der Waals surface area contributed by atoms with E-state index in [1.165, 1.54) is 4.90 Å². The second kappa shape index (κ2) is 6.22. The predicted octanol–water partition coefficient (Wildman–Crippen LogP) is 4.17. The summed E-state index contributed by atoms with van der Waals surface area (Å²) in [6.45, 7) is 0.357. The van der Waals surface area contributed by atoms with Crippen molar-refractivity contribution in [3.8, 4) is 0 Å². The third-order valence-electron chi connectivity index (χ3n) is 3.93. The topological polar surface area (TPSA) is 57.6 Å². The number of aliphatic carboxylic acids is 1. The van der Waals surface area contributed by atoms with Gasteiger partial charge in [-0.15, -0.1) is 0 Å². The maximum atomic E-state index is 12.6. The Hall–Kier alpha value is -2.04. The fraction of sp³-hybridized carbons (Fsp3) is 0.176. The average molecular weight is 350 g/mol. The summed E-state index contributed by atoms with van der Waals surface area (Å²) in [4.78, 5) is 25.5. The van der Waals surface area contributed by atoms with Crippen LogP contribution < -0.4 is 0 Å². The number of fused-ring (bicyclic) bond motifs is 1. The highest BCUT2D eigenvalue weighted by atomic mass is 35.5. The lowest BCUT2D eigenvalue weighted by atomic mass is 10.0. The van der Waals surface area contributed by atoms with Crippen molar-refractivity contribution in [2.24, 2.45) is 0 Å². The number of hydrogen-bond acceptors (Lipinski definition) is 2. The van der Waals surface area contributed by atoms with Crippen LogP contribution in [-0.2, 0) is 11.3 Å². The second-order valence-corrected chi connectivity index (χ2v) is 6.13. The number of nitrogens with zero attached hydrogens (tertiary/aromatic N) is 1. The van der Waals surface area contributed by atoms with E-state index in [1.54, 1.807) is 30.3 Å². The number of benzene rings is 2. The predicted molar refractivity (Wildman–Crippen MR) is 87.8 cm³/mol. The Morgan fingerprint density at radius 3 is 2.61 bits per heavy atom. The van der Waals surface area contributed by atoms with Crippen LogP contribution >= 0.6 is 23.2 Å². The van der Waals surface area contributed by atoms with E-state index in [2.05, 4.69) is 0 Å². The summed E-state index contributed by atoms with van der Waals surface area (Å²) in [6, 6.07) is 11.6. The molecule has 0 unspecified atom stereocenters. The van der Waals surface area contributed by atoms with Crippen molar-refractivity contribution >= 4 is 35.1 Å². The van der Waals surface area contributed by atoms with Gasteiger partial charge in [0.1, 0.15) is 0 Å². The first kappa shape index (κ1) is 15.8. The highest BCUT2D eigenvalue weighted by Gasteiger charge is 2.35. The summed E-state index contributed by atoms with van der Waals surface area (Å²) in [5, 5.41) is 9.87. The van der Waals surface area contributed by atoms with Crippen LogP contribution in [0, 0.1) is 0 Å². The van der Waals surface area contributed by atoms with E-state index in [-0.39, 0.29) is 17.4 Å². The molecule has 0 radical (unpaired) electrons. The molecule has 0 saturated heterocycles. The van der Waals surface area contributed by atoms with Gasteiger partial charge in [0.25, 0.3) is 5.91 Å². The minimum atomic E-state index is -1.00. The monoisotopic (exact) mass is 349 g/mol. The Labute approximate surface area is 143 Å². The molecule has 0 bridgehead atoms. The van der Waals surface area contributed by atoms with Crippen molar-refractivity contribution in [3.63, 3.8) is 0 Å². The van der Waals surface area contributed by atoms with Gasteiger partial charge in [0.2, 0.25) is 0 Å². The Kier molecular flexibility index (Phi) is 4.28. The molecular weight excluding hydrogens is 337 g/mol. The van der Waals surface area contributed by atoms with Crippen LogP contribution in [0.1, 0.15) is 33.9 Å². The average Bonchev–Trinajstić information content (AvgIpc) is 2.85. The maximum absolute atomic E-state index is 12.6. The van der Waals surface area contributed by atoms with Crippen LogP contribution in [0.3, 0.4) is 0 Å². The fourth-order valence-electron chi connectivity index (χ4n) is 2.86. The first-order valence-electron chi connectivity index (χ1n) is 7.03.